The quantitative estimate of drug-likeness (QED) is 0.374. The molecule has 90 valence electrons. The van der Waals surface area contributed by atoms with Crippen molar-refractivity contribution in [1.29, 1.82) is 0 Å². The second kappa shape index (κ2) is 5.84. The van der Waals surface area contributed by atoms with Crippen LogP contribution in [-0.4, -0.2) is 23.5 Å². The Kier molecular flexibility index (Phi) is 4.46. The van der Waals surface area contributed by atoms with E-state index in [2.05, 4.69) is 4.74 Å². The molecule has 4 heteroatoms. The van der Waals surface area contributed by atoms with Gasteiger partial charge in [-0.1, -0.05) is 24.3 Å². The highest BCUT2D eigenvalue weighted by molar-refractivity contribution is 6.39. The van der Waals surface area contributed by atoms with Crippen LogP contribution in [-0.2, 0) is 14.3 Å². The van der Waals surface area contributed by atoms with E-state index in [0.717, 1.165) is 11.6 Å². The predicted molar refractivity (Wildman–Crippen MR) is 63.4 cm³/mol. The summed E-state index contributed by atoms with van der Waals surface area (Å²) >= 11 is 0. The first-order valence-corrected chi connectivity index (χ1v) is 5.24. The number of carbonyl (C=O) groups is 2. The number of ether oxygens (including phenoxy) is 1. The van der Waals surface area contributed by atoms with E-state index in [0.29, 0.717) is 5.56 Å². The molecule has 0 aromatic heterocycles. The molecule has 0 unspecified atom stereocenters. The van der Waals surface area contributed by atoms with Gasteiger partial charge in [-0.05, 0) is 19.4 Å². The largest absolute Gasteiger partial charge is 0.507 e. The smallest absolute Gasteiger partial charge is 0.379 e. The summed E-state index contributed by atoms with van der Waals surface area (Å²) in [6.07, 6.45) is 0.875. The highest BCUT2D eigenvalue weighted by atomic mass is 16.5. The molecule has 0 bridgehead atoms. The molecule has 0 amide bonds. The monoisotopic (exact) mass is 234 g/mol. The van der Waals surface area contributed by atoms with Crippen molar-refractivity contribution >= 4 is 17.5 Å². The molecule has 17 heavy (non-hydrogen) atoms. The standard InChI is InChI=1S/C13H14O4/c1-3-17-13(16)12(15)8-11(14)10-7-5-4-6-9(10)2/h4-8,14H,3H2,1-2H3. The number of benzene rings is 1. The Bertz CT molecular complexity index is 460. The summed E-state index contributed by atoms with van der Waals surface area (Å²) in [5.74, 6) is -2.07. The van der Waals surface area contributed by atoms with Crippen LogP contribution in [0.15, 0.2) is 30.3 Å². The minimum absolute atomic E-state index is 0.129. The van der Waals surface area contributed by atoms with Crippen LogP contribution in [0.2, 0.25) is 0 Å². The first-order chi connectivity index (χ1) is 8.06. The molecular weight excluding hydrogens is 220 g/mol. The Hall–Kier alpha value is -2.10. The fraction of sp³-hybridized carbons (Fsp3) is 0.231. The Balaban J connectivity index is 2.90. The van der Waals surface area contributed by atoms with Gasteiger partial charge in [0.15, 0.2) is 0 Å². The minimum Gasteiger partial charge on any atom is -0.507 e. The molecule has 0 aliphatic carbocycles. The van der Waals surface area contributed by atoms with E-state index >= 15 is 0 Å². The van der Waals surface area contributed by atoms with Crippen LogP contribution in [0.4, 0.5) is 0 Å². The number of hydrogen-bond acceptors (Lipinski definition) is 4. The van der Waals surface area contributed by atoms with E-state index in [9.17, 15) is 14.7 Å². The van der Waals surface area contributed by atoms with Crippen LogP contribution in [0.3, 0.4) is 0 Å². The Morgan fingerprint density at radius 1 is 1.35 bits per heavy atom. The van der Waals surface area contributed by atoms with Crippen molar-refractivity contribution in [3.05, 3.63) is 41.5 Å². The molecule has 0 radical (unpaired) electrons. The molecule has 0 saturated carbocycles. The maximum Gasteiger partial charge on any atom is 0.379 e. The lowest BCUT2D eigenvalue weighted by Crippen LogP contribution is -2.15. The van der Waals surface area contributed by atoms with Crippen LogP contribution >= 0.6 is 0 Å². The number of ketones is 1. The van der Waals surface area contributed by atoms with Crippen LogP contribution in [0.25, 0.3) is 5.76 Å². The topological polar surface area (TPSA) is 63.6 Å². The zero-order valence-electron chi connectivity index (χ0n) is 9.77. The Morgan fingerprint density at radius 3 is 2.59 bits per heavy atom. The van der Waals surface area contributed by atoms with Crippen LogP contribution in [0.1, 0.15) is 18.1 Å². The van der Waals surface area contributed by atoms with Crippen LogP contribution in [0, 0.1) is 6.92 Å². The summed E-state index contributed by atoms with van der Waals surface area (Å²) in [6.45, 7) is 3.54. The van der Waals surface area contributed by atoms with Gasteiger partial charge in [-0.15, -0.1) is 0 Å². The molecule has 4 nitrogen and oxygen atoms in total. The van der Waals surface area contributed by atoms with E-state index in [1.807, 2.05) is 6.07 Å². The van der Waals surface area contributed by atoms with Crippen molar-refractivity contribution in [1.82, 2.24) is 0 Å². The molecule has 1 aromatic carbocycles. The van der Waals surface area contributed by atoms with Gasteiger partial charge in [0.25, 0.3) is 5.78 Å². The summed E-state index contributed by atoms with van der Waals surface area (Å²) in [7, 11) is 0. The Morgan fingerprint density at radius 2 is 2.00 bits per heavy atom. The molecule has 1 rings (SSSR count). The first-order valence-electron chi connectivity index (χ1n) is 5.24. The zero-order valence-corrected chi connectivity index (χ0v) is 9.77. The fourth-order valence-electron chi connectivity index (χ4n) is 1.32. The molecule has 0 atom stereocenters. The van der Waals surface area contributed by atoms with E-state index < -0.39 is 11.8 Å². The highest BCUT2D eigenvalue weighted by Crippen LogP contribution is 2.15. The summed E-state index contributed by atoms with van der Waals surface area (Å²) in [4.78, 5) is 22.4. The number of aliphatic hydroxyl groups is 1. The number of aliphatic hydroxyl groups excluding tert-OH is 1. The third kappa shape index (κ3) is 3.45. The Labute approximate surface area is 99.5 Å². The van der Waals surface area contributed by atoms with Crippen molar-refractivity contribution < 1.29 is 19.4 Å². The molecule has 0 aliphatic heterocycles. The van der Waals surface area contributed by atoms with Crippen molar-refractivity contribution in [2.24, 2.45) is 0 Å². The summed E-state index contributed by atoms with van der Waals surface area (Å²) < 4.78 is 4.53. The third-order valence-corrected chi connectivity index (χ3v) is 2.17. The molecule has 1 aromatic rings. The van der Waals surface area contributed by atoms with Crippen LogP contribution in [0.5, 0.6) is 0 Å². The van der Waals surface area contributed by atoms with Gasteiger partial charge in [-0.2, -0.15) is 0 Å². The number of aryl methyl sites for hydroxylation is 1. The molecule has 0 fully saturated rings. The van der Waals surface area contributed by atoms with Gasteiger partial charge < -0.3 is 9.84 Å². The maximum atomic E-state index is 11.3. The fourth-order valence-corrected chi connectivity index (χ4v) is 1.32. The molecule has 1 N–H and O–H groups in total. The summed E-state index contributed by atoms with van der Waals surface area (Å²) in [5, 5.41) is 9.72. The van der Waals surface area contributed by atoms with E-state index in [1.54, 1.807) is 32.0 Å². The van der Waals surface area contributed by atoms with E-state index in [4.69, 9.17) is 0 Å². The van der Waals surface area contributed by atoms with Gasteiger partial charge in [-0.3, -0.25) is 4.79 Å². The summed E-state index contributed by atoms with van der Waals surface area (Å²) in [6, 6.07) is 7.02. The second-order valence-corrected chi connectivity index (χ2v) is 3.43. The molecule has 0 spiro atoms. The van der Waals surface area contributed by atoms with Crippen molar-refractivity contribution in [2.75, 3.05) is 6.61 Å². The summed E-state index contributed by atoms with van der Waals surface area (Å²) in [5.41, 5.74) is 1.34. The zero-order chi connectivity index (χ0) is 12.8. The average molecular weight is 234 g/mol. The van der Waals surface area contributed by atoms with Gasteiger partial charge in [-0.25, -0.2) is 4.79 Å². The number of rotatable bonds is 4. The number of carbonyl (C=O) groups excluding carboxylic acids is 2. The lowest BCUT2D eigenvalue weighted by atomic mass is 10.1. The number of esters is 1. The minimum atomic E-state index is -0.965. The molecule has 0 saturated heterocycles. The van der Waals surface area contributed by atoms with Crippen molar-refractivity contribution in [3.63, 3.8) is 0 Å². The average Bonchev–Trinajstić information content (AvgIpc) is 2.29. The predicted octanol–water partition coefficient (Wildman–Crippen LogP) is 2.03. The third-order valence-electron chi connectivity index (χ3n) is 2.17. The lowest BCUT2D eigenvalue weighted by molar-refractivity contribution is -0.151. The highest BCUT2D eigenvalue weighted by Gasteiger charge is 2.14. The lowest BCUT2D eigenvalue weighted by Gasteiger charge is -2.03. The SMILES string of the molecule is CCOC(=O)C(=O)C=C(O)c1ccccc1C. The molecular formula is C13H14O4. The molecule has 0 aliphatic rings. The van der Waals surface area contributed by atoms with Gasteiger partial charge in [0.1, 0.15) is 5.76 Å². The van der Waals surface area contributed by atoms with Gasteiger partial charge >= 0.3 is 5.97 Å². The normalized spacial score (nSPS) is 11.1. The first kappa shape index (κ1) is 13.0. The number of hydrogen-bond donors (Lipinski definition) is 1. The van der Waals surface area contributed by atoms with Gasteiger partial charge in [0.2, 0.25) is 0 Å². The second-order valence-electron chi connectivity index (χ2n) is 3.43. The van der Waals surface area contributed by atoms with Gasteiger partial charge in [0, 0.05) is 11.6 Å². The van der Waals surface area contributed by atoms with E-state index in [1.165, 1.54) is 0 Å². The maximum absolute atomic E-state index is 11.3. The van der Waals surface area contributed by atoms with Crippen molar-refractivity contribution in [2.45, 2.75) is 13.8 Å². The molecule has 0 heterocycles. The van der Waals surface area contributed by atoms with Crippen LogP contribution < -0.4 is 0 Å². The van der Waals surface area contributed by atoms with Gasteiger partial charge in [0.05, 0.1) is 6.61 Å². The van der Waals surface area contributed by atoms with Crippen molar-refractivity contribution in [3.8, 4) is 0 Å². The van der Waals surface area contributed by atoms with E-state index in [-0.39, 0.29) is 12.4 Å².